The normalized spacial score (nSPS) is 21.7. The zero-order chi connectivity index (χ0) is 9.80. The molecule has 2 rings (SSSR count). The summed E-state index contributed by atoms with van der Waals surface area (Å²) in [6, 6.07) is 3.76. The molecule has 1 atom stereocenters. The van der Waals surface area contributed by atoms with Crippen molar-refractivity contribution in [3.8, 4) is 0 Å². The second kappa shape index (κ2) is 4.19. The second-order valence-corrected chi connectivity index (χ2v) is 3.36. The van der Waals surface area contributed by atoms with E-state index < -0.39 is 0 Å². The topological polar surface area (TPSA) is 54.0 Å². The summed E-state index contributed by atoms with van der Waals surface area (Å²) in [5.41, 5.74) is 1.09. The van der Waals surface area contributed by atoms with Gasteiger partial charge in [0.1, 0.15) is 0 Å². The number of nitrogens with zero attached hydrogens (tertiary/aromatic N) is 1. The van der Waals surface area contributed by atoms with Crippen molar-refractivity contribution in [1.29, 1.82) is 0 Å². The molecule has 1 amide bonds. The molecular formula is C10H13N3O. The molecule has 2 N–H and O–H groups in total. The van der Waals surface area contributed by atoms with Gasteiger partial charge < -0.3 is 10.6 Å². The first-order valence-corrected chi connectivity index (χ1v) is 4.76. The summed E-state index contributed by atoms with van der Waals surface area (Å²) in [4.78, 5) is 15.4. The van der Waals surface area contributed by atoms with Crippen LogP contribution in [-0.2, 0) is 11.2 Å². The minimum atomic E-state index is -0.104. The van der Waals surface area contributed by atoms with Crippen molar-refractivity contribution < 1.29 is 4.79 Å². The lowest BCUT2D eigenvalue weighted by Crippen LogP contribution is -2.53. The first-order chi connectivity index (χ1) is 6.86. The van der Waals surface area contributed by atoms with Crippen LogP contribution in [0.5, 0.6) is 0 Å². The number of nitrogens with one attached hydrogen (secondary N) is 2. The van der Waals surface area contributed by atoms with Crippen molar-refractivity contribution in [3.05, 3.63) is 30.1 Å². The van der Waals surface area contributed by atoms with Crippen LogP contribution in [0.1, 0.15) is 5.56 Å². The number of hydrogen-bond donors (Lipinski definition) is 2. The zero-order valence-electron chi connectivity index (χ0n) is 7.86. The molecule has 0 aromatic carbocycles. The average Bonchev–Trinajstić information content (AvgIpc) is 2.23. The smallest absolute Gasteiger partial charge is 0.237 e. The van der Waals surface area contributed by atoms with Gasteiger partial charge in [0.25, 0.3) is 0 Å². The molecule has 1 aliphatic rings. The Balaban J connectivity index is 2.00. The number of piperazine rings is 1. The summed E-state index contributed by atoms with van der Waals surface area (Å²) in [5.74, 6) is 0.0834. The van der Waals surface area contributed by atoms with E-state index in [0.717, 1.165) is 18.7 Å². The van der Waals surface area contributed by atoms with Crippen LogP contribution >= 0.6 is 0 Å². The molecule has 4 heteroatoms. The molecule has 0 radical (unpaired) electrons. The lowest BCUT2D eigenvalue weighted by molar-refractivity contribution is -0.124. The largest absolute Gasteiger partial charge is 0.353 e. The summed E-state index contributed by atoms with van der Waals surface area (Å²) in [7, 11) is 0. The third kappa shape index (κ3) is 2.09. The van der Waals surface area contributed by atoms with Gasteiger partial charge >= 0.3 is 0 Å². The quantitative estimate of drug-likeness (QED) is 0.675. The van der Waals surface area contributed by atoms with Gasteiger partial charge in [-0.2, -0.15) is 0 Å². The minimum Gasteiger partial charge on any atom is -0.353 e. The zero-order valence-corrected chi connectivity index (χ0v) is 7.86. The van der Waals surface area contributed by atoms with E-state index in [0.29, 0.717) is 6.42 Å². The molecule has 1 fully saturated rings. The van der Waals surface area contributed by atoms with Crippen molar-refractivity contribution in [3.63, 3.8) is 0 Å². The molecular weight excluding hydrogens is 178 g/mol. The second-order valence-electron chi connectivity index (χ2n) is 3.36. The van der Waals surface area contributed by atoms with Gasteiger partial charge in [-0.25, -0.2) is 0 Å². The Morgan fingerprint density at radius 1 is 1.50 bits per heavy atom. The van der Waals surface area contributed by atoms with Crippen molar-refractivity contribution in [2.24, 2.45) is 0 Å². The summed E-state index contributed by atoms with van der Waals surface area (Å²) < 4.78 is 0. The molecule has 0 spiro atoms. The van der Waals surface area contributed by atoms with Gasteiger partial charge in [0.05, 0.1) is 6.04 Å². The van der Waals surface area contributed by atoms with Gasteiger partial charge in [0, 0.05) is 25.5 Å². The molecule has 74 valence electrons. The van der Waals surface area contributed by atoms with Crippen LogP contribution in [-0.4, -0.2) is 30.0 Å². The van der Waals surface area contributed by atoms with Crippen molar-refractivity contribution in [1.82, 2.24) is 15.6 Å². The van der Waals surface area contributed by atoms with Crippen molar-refractivity contribution in [2.75, 3.05) is 13.1 Å². The summed E-state index contributed by atoms with van der Waals surface area (Å²) in [6.45, 7) is 1.57. The molecule has 0 aliphatic carbocycles. The summed E-state index contributed by atoms with van der Waals surface area (Å²) in [6.07, 6.45) is 4.24. The van der Waals surface area contributed by atoms with Crippen molar-refractivity contribution >= 4 is 5.91 Å². The first-order valence-electron chi connectivity index (χ1n) is 4.76. The minimum absolute atomic E-state index is 0.0834. The van der Waals surface area contributed by atoms with Crippen LogP contribution in [0.25, 0.3) is 0 Å². The Hall–Kier alpha value is -1.42. The SMILES string of the molecule is O=C1NCCN[C@H]1Cc1cccnc1. The van der Waals surface area contributed by atoms with E-state index >= 15 is 0 Å². The van der Waals surface area contributed by atoms with Gasteiger partial charge in [-0.1, -0.05) is 6.07 Å². The maximum Gasteiger partial charge on any atom is 0.237 e. The summed E-state index contributed by atoms with van der Waals surface area (Å²) in [5, 5.41) is 6.01. The lowest BCUT2D eigenvalue weighted by atomic mass is 10.1. The Bertz CT molecular complexity index is 312. The fourth-order valence-electron chi connectivity index (χ4n) is 1.57. The lowest BCUT2D eigenvalue weighted by Gasteiger charge is -2.23. The number of rotatable bonds is 2. The van der Waals surface area contributed by atoms with E-state index in [1.54, 1.807) is 12.4 Å². The maximum atomic E-state index is 11.4. The number of amides is 1. The van der Waals surface area contributed by atoms with Crippen LogP contribution < -0.4 is 10.6 Å². The third-order valence-corrected chi connectivity index (χ3v) is 2.29. The highest BCUT2D eigenvalue weighted by molar-refractivity contribution is 5.82. The van der Waals surface area contributed by atoms with Crippen LogP contribution in [0, 0.1) is 0 Å². The molecule has 0 bridgehead atoms. The van der Waals surface area contributed by atoms with Gasteiger partial charge in [-0.05, 0) is 18.1 Å². The van der Waals surface area contributed by atoms with Crippen LogP contribution in [0.15, 0.2) is 24.5 Å². The van der Waals surface area contributed by atoms with E-state index in [-0.39, 0.29) is 11.9 Å². The van der Waals surface area contributed by atoms with E-state index in [1.165, 1.54) is 0 Å². The molecule has 4 nitrogen and oxygen atoms in total. The molecule has 1 saturated heterocycles. The summed E-state index contributed by atoms with van der Waals surface area (Å²) >= 11 is 0. The predicted octanol–water partition coefficient (Wildman–Crippen LogP) is -0.288. The fraction of sp³-hybridized carbons (Fsp3) is 0.400. The van der Waals surface area contributed by atoms with E-state index in [1.807, 2.05) is 12.1 Å². The van der Waals surface area contributed by atoms with Gasteiger partial charge in [-0.3, -0.25) is 9.78 Å². The third-order valence-electron chi connectivity index (χ3n) is 2.29. The number of hydrogen-bond acceptors (Lipinski definition) is 3. The Kier molecular flexibility index (Phi) is 2.74. The first kappa shape index (κ1) is 9.15. The average molecular weight is 191 g/mol. The van der Waals surface area contributed by atoms with Crippen LogP contribution in [0.3, 0.4) is 0 Å². The molecule has 1 aromatic rings. The molecule has 1 aliphatic heterocycles. The van der Waals surface area contributed by atoms with Gasteiger partial charge in [0.15, 0.2) is 0 Å². The molecule has 1 aromatic heterocycles. The Morgan fingerprint density at radius 3 is 3.14 bits per heavy atom. The molecule has 2 heterocycles. The number of aromatic nitrogens is 1. The molecule has 0 saturated carbocycles. The number of carbonyl (C=O) groups is 1. The Morgan fingerprint density at radius 2 is 2.43 bits per heavy atom. The van der Waals surface area contributed by atoms with Gasteiger partial charge in [-0.15, -0.1) is 0 Å². The monoisotopic (exact) mass is 191 g/mol. The van der Waals surface area contributed by atoms with E-state index in [9.17, 15) is 4.79 Å². The number of pyridine rings is 1. The highest BCUT2D eigenvalue weighted by Gasteiger charge is 2.21. The number of carbonyl (C=O) groups excluding carboxylic acids is 1. The van der Waals surface area contributed by atoms with Crippen LogP contribution in [0.2, 0.25) is 0 Å². The predicted molar refractivity (Wildman–Crippen MR) is 52.7 cm³/mol. The van der Waals surface area contributed by atoms with E-state index in [4.69, 9.17) is 0 Å². The van der Waals surface area contributed by atoms with E-state index in [2.05, 4.69) is 15.6 Å². The van der Waals surface area contributed by atoms with Gasteiger partial charge in [0.2, 0.25) is 5.91 Å². The molecule has 14 heavy (non-hydrogen) atoms. The van der Waals surface area contributed by atoms with Crippen LogP contribution in [0.4, 0.5) is 0 Å². The molecule has 0 unspecified atom stereocenters. The highest BCUT2D eigenvalue weighted by atomic mass is 16.2. The fourth-order valence-corrected chi connectivity index (χ4v) is 1.57. The Labute approximate surface area is 82.7 Å². The standard InChI is InChI=1S/C10H13N3O/c14-10-9(12-4-5-13-10)6-8-2-1-3-11-7-8/h1-3,7,9,12H,4-6H2,(H,13,14)/t9-/m0/s1. The van der Waals surface area contributed by atoms with Crippen molar-refractivity contribution in [2.45, 2.75) is 12.5 Å². The highest BCUT2D eigenvalue weighted by Crippen LogP contribution is 2.02. The maximum absolute atomic E-state index is 11.4.